The fourth-order valence-corrected chi connectivity index (χ4v) is 4.93. The Labute approximate surface area is 185 Å². The van der Waals surface area contributed by atoms with E-state index in [2.05, 4.69) is 15.2 Å². The van der Waals surface area contributed by atoms with E-state index in [9.17, 15) is 13.2 Å². The van der Waals surface area contributed by atoms with Crippen molar-refractivity contribution in [1.82, 2.24) is 9.29 Å². The number of rotatable bonds is 7. The number of anilines is 2. The molecule has 0 aliphatic carbocycles. The van der Waals surface area contributed by atoms with Crippen LogP contribution >= 0.6 is 11.8 Å². The largest absolute Gasteiger partial charge is 0.431 e. The number of aromatic nitrogens is 1. The minimum Gasteiger partial charge on any atom is -0.431 e. The van der Waals surface area contributed by atoms with Gasteiger partial charge < -0.3 is 14.6 Å². The highest BCUT2D eigenvalue weighted by atomic mass is 32.2. The third-order valence-electron chi connectivity index (χ3n) is 5.07. The number of amides is 1. The summed E-state index contributed by atoms with van der Waals surface area (Å²) in [6.45, 7) is 2.16. The Kier molecular flexibility index (Phi) is 6.22. The maximum atomic E-state index is 12.3. The van der Waals surface area contributed by atoms with Crippen LogP contribution in [0.25, 0.3) is 11.1 Å². The second kappa shape index (κ2) is 8.89. The van der Waals surface area contributed by atoms with E-state index in [-0.39, 0.29) is 16.6 Å². The van der Waals surface area contributed by atoms with Crippen molar-refractivity contribution in [2.75, 3.05) is 43.2 Å². The van der Waals surface area contributed by atoms with Gasteiger partial charge in [-0.05, 0) is 55.3 Å². The minimum absolute atomic E-state index is 0.129. The van der Waals surface area contributed by atoms with Crippen molar-refractivity contribution in [3.8, 4) is 0 Å². The number of thioether (sulfide) groups is 1. The zero-order chi connectivity index (χ0) is 22.0. The molecule has 10 heteroatoms. The predicted molar refractivity (Wildman–Crippen MR) is 122 cm³/mol. The van der Waals surface area contributed by atoms with Crippen LogP contribution in [-0.4, -0.2) is 56.6 Å². The Hall–Kier alpha value is -2.56. The topological polar surface area (TPSA) is 95.8 Å². The number of benzene rings is 2. The molecule has 8 nitrogen and oxygen atoms in total. The molecule has 31 heavy (non-hydrogen) atoms. The first-order valence-electron chi connectivity index (χ1n) is 9.94. The lowest BCUT2D eigenvalue weighted by atomic mass is 10.2. The van der Waals surface area contributed by atoms with Crippen LogP contribution in [0.2, 0.25) is 0 Å². The molecule has 0 radical (unpaired) electrons. The number of sulfonamides is 1. The monoisotopic (exact) mass is 460 g/mol. The number of nitrogens with zero attached hydrogens (tertiary/aromatic N) is 3. The molecule has 1 aromatic heterocycles. The van der Waals surface area contributed by atoms with Gasteiger partial charge in [-0.15, -0.1) is 0 Å². The predicted octanol–water partition coefficient (Wildman–Crippen LogP) is 3.41. The molecule has 1 amide bonds. The third kappa shape index (κ3) is 4.86. The Balaban J connectivity index is 1.36. The zero-order valence-corrected chi connectivity index (χ0v) is 19.0. The number of hydrogen-bond acceptors (Lipinski definition) is 7. The SMILES string of the molecule is CN(C)S(=O)(=O)c1ccc2oc(SCC(=O)Nc3ccc(N4CCCC4)cc3)nc2c1. The Morgan fingerprint density at radius 3 is 2.55 bits per heavy atom. The smallest absolute Gasteiger partial charge is 0.257 e. The Morgan fingerprint density at radius 1 is 1.16 bits per heavy atom. The van der Waals surface area contributed by atoms with E-state index in [0.29, 0.717) is 16.3 Å². The summed E-state index contributed by atoms with van der Waals surface area (Å²) >= 11 is 1.16. The average Bonchev–Trinajstić information content (AvgIpc) is 3.42. The minimum atomic E-state index is -3.55. The number of nitrogens with one attached hydrogen (secondary N) is 1. The van der Waals surface area contributed by atoms with Gasteiger partial charge in [-0.1, -0.05) is 11.8 Å². The van der Waals surface area contributed by atoms with Gasteiger partial charge in [-0.25, -0.2) is 17.7 Å². The summed E-state index contributed by atoms with van der Waals surface area (Å²) < 4.78 is 31.3. The molecule has 0 unspecified atom stereocenters. The highest BCUT2D eigenvalue weighted by Gasteiger charge is 2.19. The van der Waals surface area contributed by atoms with Gasteiger partial charge in [0.1, 0.15) is 5.52 Å². The van der Waals surface area contributed by atoms with E-state index in [1.807, 2.05) is 24.3 Å². The highest BCUT2D eigenvalue weighted by Crippen LogP contribution is 2.27. The normalized spacial score (nSPS) is 14.5. The van der Waals surface area contributed by atoms with Gasteiger partial charge >= 0.3 is 0 Å². The van der Waals surface area contributed by atoms with Gasteiger partial charge in [0.25, 0.3) is 5.22 Å². The van der Waals surface area contributed by atoms with Crippen molar-refractivity contribution in [2.45, 2.75) is 23.0 Å². The van der Waals surface area contributed by atoms with Gasteiger partial charge in [0.05, 0.1) is 10.6 Å². The van der Waals surface area contributed by atoms with Crippen LogP contribution in [0.3, 0.4) is 0 Å². The lowest BCUT2D eigenvalue weighted by Crippen LogP contribution is -2.22. The van der Waals surface area contributed by atoms with Gasteiger partial charge in [-0.3, -0.25) is 4.79 Å². The van der Waals surface area contributed by atoms with Crippen LogP contribution < -0.4 is 10.2 Å². The van der Waals surface area contributed by atoms with Crippen LogP contribution in [0.1, 0.15) is 12.8 Å². The summed E-state index contributed by atoms with van der Waals surface area (Å²) in [5.74, 6) is -0.0409. The molecule has 1 saturated heterocycles. The van der Waals surface area contributed by atoms with E-state index in [4.69, 9.17) is 4.42 Å². The lowest BCUT2D eigenvalue weighted by Gasteiger charge is -2.17. The molecule has 0 atom stereocenters. The summed E-state index contributed by atoms with van der Waals surface area (Å²) in [6.07, 6.45) is 2.44. The van der Waals surface area contributed by atoms with Crippen LogP contribution in [-0.2, 0) is 14.8 Å². The van der Waals surface area contributed by atoms with Crippen LogP contribution in [0.5, 0.6) is 0 Å². The van der Waals surface area contributed by atoms with Gasteiger partial charge in [0.15, 0.2) is 5.58 Å². The number of oxazole rings is 1. The van der Waals surface area contributed by atoms with Gasteiger partial charge in [0, 0.05) is 38.6 Å². The van der Waals surface area contributed by atoms with Gasteiger partial charge in [0.2, 0.25) is 15.9 Å². The first kappa shape index (κ1) is 21.7. The molecule has 0 saturated carbocycles. The molecule has 1 N–H and O–H groups in total. The number of carbonyl (C=O) groups is 1. The summed E-state index contributed by atoms with van der Waals surface area (Å²) in [7, 11) is -0.602. The maximum Gasteiger partial charge on any atom is 0.257 e. The van der Waals surface area contributed by atoms with Gasteiger partial charge in [-0.2, -0.15) is 0 Å². The van der Waals surface area contributed by atoms with Crippen molar-refractivity contribution in [3.63, 3.8) is 0 Å². The van der Waals surface area contributed by atoms with E-state index in [0.717, 1.165) is 34.8 Å². The molecule has 2 heterocycles. The quantitative estimate of drug-likeness (QED) is 0.540. The molecule has 3 aromatic rings. The van der Waals surface area contributed by atoms with Crippen molar-refractivity contribution in [3.05, 3.63) is 42.5 Å². The van der Waals surface area contributed by atoms with E-state index in [1.165, 1.54) is 44.8 Å². The second-order valence-electron chi connectivity index (χ2n) is 7.47. The number of carbonyl (C=O) groups excluding carboxylic acids is 1. The van der Waals surface area contributed by atoms with Crippen LogP contribution in [0.4, 0.5) is 11.4 Å². The molecule has 1 fully saturated rings. The summed E-state index contributed by atoms with van der Waals surface area (Å²) in [5, 5.41) is 3.19. The van der Waals surface area contributed by atoms with Crippen molar-refractivity contribution in [2.24, 2.45) is 0 Å². The first-order valence-corrected chi connectivity index (χ1v) is 12.4. The fourth-order valence-electron chi connectivity index (χ4n) is 3.37. The summed E-state index contributed by atoms with van der Waals surface area (Å²) in [4.78, 5) is 19.1. The molecular weight excluding hydrogens is 436 g/mol. The molecule has 164 valence electrons. The van der Waals surface area contributed by atoms with E-state index in [1.54, 1.807) is 6.07 Å². The molecular formula is C21H24N4O4S2. The average molecular weight is 461 g/mol. The zero-order valence-electron chi connectivity index (χ0n) is 17.4. The molecule has 2 aromatic carbocycles. The maximum absolute atomic E-state index is 12.3. The second-order valence-corrected chi connectivity index (χ2v) is 10.6. The Morgan fingerprint density at radius 2 is 1.87 bits per heavy atom. The summed E-state index contributed by atoms with van der Waals surface area (Å²) in [6, 6.07) is 12.4. The van der Waals surface area contributed by atoms with Crippen LogP contribution in [0, 0.1) is 0 Å². The molecule has 1 aliphatic rings. The van der Waals surface area contributed by atoms with E-state index >= 15 is 0 Å². The third-order valence-corrected chi connectivity index (χ3v) is 7.71. The van der Waals surface area contributed by atoms with Crippen molar-refractivity contribution >= 4 is 50.2 Å². The van der Waals surface area contributed by atoms with E-state index < -0.39 is 10.0 Å². The summed E-state index contributed by atoms with van der Waals surface area (Å²) in [5.41, 5.74) is 2.82. The molecule has 4 rings (SSSR count). The number of hydrogen-bond donors (Lipinski definition) is 1. The lowest BCUT2D eigenvalue weighted by molar-refractivity contribution is -0.113. The standard InChI is InChI=1S/C21H24N4O4S2/c1-24(2)31(27,28)17-9-10-19-18(13-17)23-21(29-19)30-14-20(26)22-15-5-7-16(8-6-15)25-11-3-4-12-25/h5-10,13H,3-4,11-12,14H2,1-2H3,(H,22,26). The fraction of sp³-hybridized carbons (Fsp3) is 0.333. The van der Waals surface area contributed by atoms with Crippen LogP contribution in [0.15, 0.2) is 57.0 Å². The molecule has 0 bridgehead atoms. The number of fused-ring (bicyclic) bond motifs is 1. The molecule has 0 spiro atoms. The van der Waals surface area contributed by atoms with Crippen molar-refractivity contribution < 1.29 is 17.6 Å². The molecule has 1 aliphatic heterocycles. The Bertz CT molecular complexity index is 1180. The highest BCUT2D eigenvalue weighted by molar-refractivity contribution is 7.99. The van der Waals surface area contributed by atoms with Crippen molar-refractivity contribution in [1.29, 1.82) is 0 Å². The first-order chi connectivity index (χ1) is 14.8.